The molecule has 1 amide bonds. The van der Waals surface area contributed by atoms with Gasteiger partial charge in [-0.25, -0.2) is 12.7 Å². The van der Waals surface area contributed by atoms with E-state index in [1.54, 1.807) is 19.1 Å². The Morgan fingerprint density at radius 2 is 1.84 bits per heavy atom. The number of anilines is 1. The number of rotatable bonds is 6. The van der Waals surface area contributed by atoms with Gasteiger partial charge in [0, 0.05) is 30.7 Å². The fourth-order valence-electron chi connectivity index (χ4n) is 2.33. The molecule has 134 valence electrons. The van der Waals surface area contributed by atoms with Crippen LogP contribution in [0.3, 0.4) is 0 Å². The summed E-state index contributed by atoms with van der Waals surface area (Å²) in [7, 11) is -0.583. The number of benzene rings is 2. The van der Waals surface area contributed by atoms with E-state index < -0.39 is 10.0 Å². The standard InChI is InChI=1S/C18H21BrN2O3S/c1-13-8-10-15(12-17(13)25(23,24)21(2)3)20-18(22)11-9-14-6-4-5-7-16(14)19/h4-8,10,12H,9,11H2,1-3H3,(H,20,22). The Morgan fingerprint density at radius 3 is 2.48 bits per heavy atom. The highest BCUT2D eigenvalue weighted by molar-refractivity contribution is 9.10. The maximum absolute atomic E-state index is 12.3. The minimum absolute atomic E-state index is 0.159. The van der Waals surface area contributed by atoms with Crippen LogP contribution in [0.4, 0.5) is 5.69 Å². The van der Waals surface area contributed by atoms with Crippen molar-refractivity contribution >= 4 is 37.5 Å². The second kappa shape index (κ2) is 8.12. The van der Waals surface area contributed by atoms with Crippen molar-refractivity contribution in [3.63, 3.8) is 0 Å². The van der Waals surface area contributed by atoms with E-state index in [1.807, 2.05) is 24.3 Å². The topological polar surface area (TPSA) is 66.5 Å². The van der Waals surface area contributed by atoms with Gasteiger partial charge in [-0.2, -0.15) is 0 Å². The summed E-state index contributed by atoms with van der Waals surface area (Å²) in [5, 5.41) is 2.77. The van der Waals surface area contributed by atoms with Gasteiger partial charge in [-0.05, 0) is 42.7 Å². The Labute approximate surface area is 157 Å². The summed E-state index contributed by atoms with van der Waals surface area (Å²) < 4.78 is 26.8. The summed E-state index contributed by atoms with van der Waals surface area (Å²) in [6, 6.07) is 12.7. The van der Waals surface area contributed by atoms with Crippen LogP contribution >= 0.6 is 15.9 Å². The van der Waals surface area contributed by atoms with Crippen molar-refractivity contribution < 1.29 is 13.2 Å². The Morgan fingerprint density at radius 1 is 1.16 bits per heavy atom. The summed E-state index contributed by atoms with van der Waals surface area (Å²) in [5.41, 5.74) is 2.17. The molecule has 0 aliphatic rings. The lowest BCUT2D eigenvalue weighted by Crippen LogP contribution is -2.23. The van der Waals surface area contributed by atoms with Gasteiger partial charge in [0.1, 0.15) is 0 Å². The molecule has 0 atom stereocenters. The summed E-state index contributed by atoms with van der Waals surface area (Å²) >= 11 is 3.46. The van der Waals surface area contributed by atoms with E-state index in [0.717, 1.165) is 14.3 Å². The van der Waals surface area contributed by atoms with Crippen LogP contribution in [0.5, 0.6) is 0 Å². The number of halogens is 1. The molecule has 0 bridgehead atoms. The number of hydrogen-bond acceptors (Lipinski definition) is 3. The number of amides is 1. The highest BCUT2D eigenvalue weighted by Gasteiger charge is 2.20. The molecule has 0 radical (unpaired) electrons. The fourth-order valence-corrected chi connectivity index (χ4v) is 3.95. The smallest absolute Gasteiger partial charge is 0.242 e. The van der Waals surface area contributed by atoms with Crippen LogP contribution in [0.2, 0.25) is 0 Å². The summed E-state index contributed by atoms with van der Waals surface area (Å²) in [6.07, 6.45) is 0.911. The number of aryl methyl sites for hydroxylation is 2. The third kappa shape index (κ3) is 4.90. The number of carbonyl (C=O) groups excluding carboxylic acids is 1. The molecule has 0 fully saturated rings. The second-order valence-electron chi connectivity index (χ2n) is 5.91. The largest absolute Gasteiger partial charge is 0.326 e. The molecule has 0 heterocycles. The molecule has 0 aromatic heterocycles. The molecular formula is C18H21BrN2O3S. The molecule has 25 heavy (non-hydrogen) atoms. The Bertz CT molecular complexity index is 880. The normalized spacial score (nSPS) is 11.6. The SMILES string of the molecule is Cc1ccc(NC(=O)CCc2ccccc2Br)cc1S(=O)(=O)N(C)C. The monoisotopic (exact) mass is 424 g/mol. The molecule has 0 aliphatic carbocycles. The highest BCUT2D eigenvalue weighted by atomic mass is 79.9. The van der Waals surface area contributed by atoms with E-state index in [-0.39, 0.29) is 10.8 Å². The van der Waals surface area contributed by atoms with E-state index in [1.165, 1.54) is 20.2 Å². The molecule has 0 saturated heterocycles. The van der Waals surface area contributed by atoms with Gasteiger partial charge in [-0.3, -0.25) is 4.79 Å². The van der Waals surface area contributed by atoms with Gasteiger partial charge < -0.3 is 5.32 Å². The first kappa shape index (κ1) is 19.6. The van der Waals surface area contributed by atoms with E-state index >= 15 is 0 Å². The van der Waals surface area contributed by atoms with Gasteiger partial charge in [0.05, 0.1) is 4.90 Å². The lowest BCUT2D eigenvalue weighted by molar-refractivity contribution is -0.116. The molecule has 0 unspecified atom stereocenters. The van der Waals surface area contributed by atoms with Gasteiger partial charge in [0.15, 0.2) is 0 Å². The van der Waals surface area contributed by atoms with Crippen LogP contribution < -0.4 is 5.32 Å². The van der Waals surface area contributed by atoms with Crippen molar-refractivity contribution in [3.8, 4) is 0 Å². The molecule has 7 heteroatoms. The zero-order valence-electron chi connectivity index (χ0n) is 14.4. The Balaban J connectivity index is 2.10. The van der Waals surface area contributed by atoms with Crippen LogP contribution in [0.1, 0.15) is 17.5 Å². The van der Waals surface area contributed by atoms with Gasteiger partial charge >= 0.3 is 0 Å². The maximum atomic E-state index is 12.3. The van der Waals surface area contributed by atoms with Gasteiger partial charge in [-0.1, -0.05) is 40.2 Å². The molecule has 0 aliphatic heterocycles. The first-order valence-electron chi connectivity index (χ1n) is 7.78. The molecule has 5 nitrogen and oxygen atoms in total. The average molecular weight is 425 g/mol. The van der Waals surface area contributed by atoms with Crippen LogP contribution in [-0.2, 0) is 21.2 Å². The molecule has 1 N–H and O–H groups in total. The van der Waals surface area contributed by atoms with E-state index in [2.05, 4.69) is 21.2 Å². The number of sulfonamides is 1. The van der Waals surface area contributed by atoms with E-state index in [0.29, 0.717) is 24.1 Å². The van der Waals surface area contributed by atoms with Crippen molar-refractivity contribution in [2.24, 2.45) is 0 Å². The lowest BCUT2D eigenvalue weighted by Gasteiger charge is -2.15. The fraction of sp³-hybridized carbons (Fsp3) is 0.278. The third-order valence-electron chi connectivity index (χ3n) is 3.81. The van der Waals surface area contributed by atoms with Crippen LogP contribution in [0.25, 0.3) is 0 Å². The van der Waals surface area contributed by atoms with Crippen LogP contribution in [0.15, 0.2) is 51.8 Å². The Kier molecular flexibility index (Phi) is 6.37. The van der Waals surface area contributed by atoms with Gasteiger partial charge in [0.25, 0.3) is 0 Å². The van der Waals surface area contributed by atoms with Crippen molar-refractivity contribution in [1.29, 1.82) is 0 Å². The Hall–Kier alpha value is -1.70. The van der Waals surface area contributed by atoms with Crippen LogP contribution in [0, 0.1) is 6.92 Å². The van der Waals surface area contributed by atoms with Crippen molar-refractivity contribution in [3.05, 3.63) is 58.1 Å². The van der Waals surface area contributed by atoms with Gasteiger partial charge in [0.2, 0.25) is 15.9 Å². The predicted molar refractivity (Wildman–Crippen MR) is 103 cm³/mol. The number of nitrogens with one attached hydrogen (secondary N) is 1. The van der Waals surface area contributed by atoms with E-state index in [9.17, 15) is 13.2 Å². The minimum Gasteiger partial charge on any atom is -0.326 e. The summed E-state index contributed by atoms with van der Waals surface area (Å²) in [5.74, 6) is -0.159. The summed E-state index contributed by atoms with van der Waals surface area (Å²) in [4.78, 5) is 12.4. The molecule has 0 saturated carbocycles. The lowest BCUT2D eigenvalue weighted by atomic mass is 10.1. The quantitative estimate of drug-likeness (QED) is 0.770. The molecule has 2 aromatic rings. The van der Waals surface area contributed by atoms with Crippen molar-refractivity contribution in [1.82, 2.24) is 4.31 Å². The second-order valence-corrected chi connectivity index (χ2v) is 8.88. The summed E-state index contributed by atoms with van der Waals surface area (Å²) in [6.45, 7) is 1.73. The molecular weight excluding hydrogens is 404 g/mol. The average Bonchev–Trinajstić information content (AvgIpc) is 2.55. The third-order valence-corrected chi connectivity index (χ3v) is 6.54. The molecule has 2 rings (SSSR count). The first-order chi connectivity index (χ1) is 11.7. The minimum atomic E-state index is -3.55. The zero-order chi connectivity index (χ0) is 18.6. The van der Waals surface area contributed by atoms with Crippen molar-refractivity contribution in [2.45, 2.75) is 24.7 Å². The van der Waals surface area contributed by atoms with Crippen molar-refractivity contribution in [2.75, 3.05) is 19.4 Å². The molecule has 2 aromatic carbocycles. The zero-order valence-corrected chi connectivity index (χ0v) is 16.8. The molecule has 0 spiro atoms. The van der Waals surface area contributed by atoms with Crippen LogP contribution in [-0.4, -0.2) is 32.7 Å². The highest BCUT2D eigenvalue weighted by Crippen LogP contribution is 2.23. The number of hydrogen-bond donors (Lipinski definition) is 1. The maximum Gasteiger partial charge on any atom is 0.242 e. The predicted octanol–water partition coefficient (Wildman–Crippen LogP) is 3.58. The number of nitrogens with zero attached hydrogens (tertiary/aromatic N) is 1. The first-order valence-corrected chi connectivity index (χ1v) is 10.0. The van der Waals surface area contributed by atoms with Gasteiger partial charge in [-0.15, -0.1) is 0 Å². The number of carbonyl (C=O) groups is 1. The van der Waals surface area contributed by atoms with E-state index in [4.69, 9.17) is 0 Å².